The minimum atomic E-state index is -0.498. The molecule has 0 saturated carbocycles. The van der Waals surface area contributed by atoms with E-state index in [0.29, 0.717) is 30.0 Å². The molecule has 28 heavy (non-hydrogen) atoms. The first-order valence-electron chi connectivity index (χ1n) is 9.07. The molecule has 0 aliphatic carbocycles. The Balaban J connectivity index is 1.84. The molecule has 0 radical (unpaired) electrons. The van der Waals surface area contributed by atoms with Crippen LogP contribution in [0.5, 0.6) is 0 Å². The molecule has 1 aromatic heterocycles. The number of rotatable bonds is 6. The van der Waals surface area contributed by atoms with Crippen molar-refractivity contribution in [3.8, 4) is 0 Å². The Kier molecular flexibility index (Phi) is 6.89. The highest BCUT2D eigenvalue weighted by atomic mass is 32.2. The Morgan fingerprint density at radius 2 is 2.04 bits per heavy atom. The molecule has 148 valence electrons. The molecule has 0 spiro atoms. The Morgan fingerprint density at radius 3 is 2.75 bits per heavy atom. The lowest BCUT2D eigenvalue weighted by Crippen LogP contribution is -2.36. The van der Waals surface area contributed by atoms with Crippen LogP contribution in [0, 0.1) is 0 Å². The molecule has 8 heteroatoms. The van der Waals surface area contributed by atoms with Gasteiger partial charge in [0.1, 0.15) is 0 Å². The van der Waals surface area contributed by atoms with Crippen LogP contribution in [0.25, 0.3) is 0 Å². The van der Waals surface area contributed by atoms with E-state index >= 15 is 0 Å². The standard InChI is InChI=1S/C20H23N3O4S/c1-3-28-18-12-14(6-7-21-18)19(24)22-17-5-4-15(13-16(17)20(25)26-2)23-8-10-27-11-9-23/h4-7,12-13H,3,8-11H2,1-2H3,(H,22,24). The van der Waals surface area contributed by atoms with Gasteiger partial charge in [-0.25, -0.2) is 9.78 Å². The second-order valence-corrected chi connectivity index (χ2v) is 7.38. The molecular weight excluding hydrogens is 378 g/mol. The zero-order valence-electron chi connectivity index (χ0n) is 15.9. The number of hydrogen-bond acceptors (Lipinski definition) is 7. The molecule has 1 aliphatic rings. The van der Waals surface area contributed by atoms with E-state index in [4.69, 9.17) is 9.47 Å². The summed E-state index contributed by atoms with van der Waals surface area (Å²) < 4.78 is 10.3. The normalized spacial score (nSPS) is 13.9. The van der Waals surface area contributed by atoms with Gasteiger partial charge in [0.15, 0.2) is 0 Å². The zero-order valence-corrected chi connectivity index (χ0v) is 16.8. The Hall–Kier alpha value is -2.58. The van der Waals surface area contributed by atoms with E-state index < -0.39 is 5.97 Å². The molecule has 1 amide bonds. The fourth-order valence-electron chi connectivity index (χ4n) is 2.91. The highest BCUT2D eigenvalue weighted by Gasteiger charge is 2.19. The third-order valence-electron chi connectivity index (χ3n) is 4.32. The van der Waals surface area contributed by atoms with Crippen molar-refractivity contribution in [3.63, 3.8) is 0 Å². The maximum Gasteiger partial charge on any atom is 0.340 e. The van der Waals surface area contributed by atoms with Crippen molar-refractivity contribution in [2.45, 2.75) is 11.9 Å². The number of nitrogens with one attached hydrogen (secondary N) is 1. The SMILES string of the molecule is CCSc1cc(C(=O)Nc2ccc(N3CCOCC3)cc2C(=O)OC)ccn1. The Morgan fingerprint density at radius 1 is 1.25 bits per heavy atom. The molecule has 3 rings (SSSR count). The van der Waals surface area contributed by atoms with Crippen molar-refractivity contribution in [2.75, 3.05) is 49.4 Å². The van der Waals surface area contributed by atoms with Gasteiger partial charge in [-0.1, -0.05) is 6.92 Å². The van der Waals surface area contributed by atoms with Gasteiger partial charge in [0.25, 0.3) is 5.91 Å². The summed E-state index contributed by atoms with van der Waals surface area (Å²) in [6.45, 7) is 4.82. The summed E-state index contributed by atoms with van der Waals surface area (Å²) in [5, 5.41) is 3.60. The topological polar surface area (TPSA) is 80.8 Å². The predicted molar refractivity (Wildman–Crippen MR) is 109 cm³/mol. The first-order valence-corrected chi connectivity index (χ1v) is 10.1. The summed E-state index contributed by atoms with van der Waals surface area (Å²) in [6.07, 6.45) is 1.61. The molecule has 7 nitrogen and oxygen atoms in total. The quantitative estimate of drug-likeness (QED) is 0.588. The number of aromatic nitrogens is 1. The van der Waals surface area contributed by atoms with Gasteiger partial charge in [0, 0.05) is 30.5 Å². The van der Waals surface area contributed by atoms with E-state index in [-0.39, 0.29) is 5.91 Å². The van der Waals surface area contributed by atoms with Crippen LogP contribution in [0.4, 0.5) is 11.4 Å². The average Bonchev–Trinajstić information content (AvgIpc) is 2.74. The Bertz CT molecular complexity index is 853. The maximum atomic E-state index is 12.7. The first kappa shape index (κ1) is 20.2. The van der Waals surface area contributed by atoms with Gasteiger partial charge >= 0.3 is 5.97 Å². The van der Waals surface area contributed by atoms with Crippen LogP contribution in [0.2, 0.25) is 0 Å². The number of carbonyl (C=O) groups excluding carboxylic acids is 2. The summed E-state index contributed by atoms with van der Waals surface area (Å²) in [5.74, 6) is 0.0695. The number of pyridine rings is 1. The second kappa shape index (κ2) is 9.57. The Labute approximate surface area is 168 Å². The van der Waals surface area contributed by atoms with E-state index in [1.807, 2.05) is 13.0 Å². The van der Waals surface area contributed by atoms with Crippen molar-refractivity contribution in [1.82, 2.24) is 4.98 Å². The fraction of sp³-hybridized carbons (Fsp3) is 0.350. The summed E-state index contributed by atoms with van der Waals surface area (Å²) in [7, 11) is 1.33. The number of nitrogens with zero attached hydrogens (tertiary/aromatic N) is 2. The summed E-state index contributed by atoms with van der Waals surface area (Å²) in [6, 6.07) is 8.76. The van der Waals surface area contributed by atoms with E-state index in [9.17, 15) is 9.59 Å². The number of thioether (sulfide) groups is 1. The molecule has 1 N–H and O–H groups in total. The third kappa shape index (κ3) is 4.82. The number of amides is 1. The molecular formula is C20H23N3O4S. The van der Waals surface area contributed by atoms with Gasteiger partial charge in [-0.15, -0.1) is 11.8 Å². The first-order chi connectivity index (χ1) is 13.6. The molecule has 1 saturated heterocycles. The van der Waals surface area contributed by atoms with Crippen LogP contribution in [-0.4, -0.2) is 56.0 Å². The van der Waals surface area contributed by atoms with Crippen molar-refractivity contribution in [3.05, 3.63) is 47.7 Å². The molecule has 2 heterocycles. The lowest BCUT2D eigenvalue weighted by atomic mass is 10.1. The van der Waals surface area contributed by atoms with Gasteiger partial charge in [-0.2, -0.15) is 0 Å². The molecule has 2 aromatic rings. The number of anilines is 2. The van der Waals surface area contributed by atoms with Crippen molar-refractivity contribution < 1.29 is 19.1 Å². The molecule has 0 unspecified atom stereocenters. The van der Waals surface area contributed by atoms with Crippen molar-refractivity contribution in [1.29, 1.82) is 0 Å². The molecule has 0 bridgehead atoms. The number of morpholine rings is 1. The minimum Gasteiger partial charge on any atom is -0.465 e. The molecule has 0 atom stereocenters. The number of ether oxygens (including phenoxy) is 2. The highest BCUT2D eigenvalue weighted by molar-refractivity contribution is 7.99. The predicted octanol–water partition coefficient (Wildman–Crippen LogP) is 3.07. The fourth-order valence-corrected chi connectivity index (χ4v) is 3.55. The maximum absolute atomic E-state index is 12.7. The van der Waals surface area contributed by atoms with E-state index in [1.165, 1.54) is 7.11 Å². The van der Waals surface area contributed by atoms with Gasteiger partial charge in [-0.05, 0) is 36.1 Å². The van der Waals surface area contributed by atoms with E-state index in [1.54, 1.807) is 42.2 Å². The van der Waals surface area contributed by atoms with Crippen molar-refractivity contribution >= 4 is 35.0 Å². The number of benzene rings is 1. The van der Waals surface area contributed by atoms with E-state index in [2.05, 4.69) is 15.2 Å². The lowest BCUT2D eigenvalue weighted by molar-refractivity contribution is 0.0602. The summed E-state index contributed by atoms with van der Waals surface area (Å²) >= 11 is 1.56. The zero-order chi connectivity index (χ0) is 19.9. The van der Waals surface area contributed by atoms with Gasteiger partial charge in [-0.3, -0.25) is 4.79 Å². The van der Waals surface area contributed by atoms with E-state index in [0.717, 1.165) is 29.6 Å². The van der Waals surface area contributed by atoms with Crippen LogP contribution in [0.1, 0.15) is 27.6 Å². The van der Waals surface area contributed by atoms with Crippen molar-refractivity contribution in [2.24, 2.45) is 0 Å². The minimum absolute atomic E-state index is 0.301. The highest BCUT2D eigenvalue weighted by Crippen LogP contribution is 2.26. The number of hydrogen-bond donors (Lipinski definition) is 1. The van der Waals surface area contributed by atoms with Crippen LogP contribution < -0.4 is 10.2 Å². The summed E-state index contributed by atoms with van der Waals surface area (Å²) in [5.41, 5.74) is 2.11. The number of esters is 1. The van der Waals surface area contributed by atoms with Gasteiger partial charge < -0.3 is 19.7 Å². The number of carbonyl (C=O) groups is 2. The summed E-state index contributed by atoms with van der Waals surface area (Å²) in [4.78, 5) is 31.4. The average molecular weight is 401 g/mol. The van der Waals surface area contributed by atoms with Crippen LogP contribution >= 0.6 is 11.8 Å². The second-order valence-electron chi connectivity index (χ2n) is 6.09. The van der Waals surface area contributed by atoms with Gasteiger partial charge in [0.2, 0.25) is 0 Å². The monoisotopic (exact) mass is 401 g/mol. The lowest BCUT2D eigenvalue weighted by Gasteiger charge is -2.29. The van der Waals surface area contributed by atoms with Crippen LogP contribution in [-0.2, 0) is 9.47 Å². The van der Waals surface area contributed by atoms with Crippen LogP contribution in [0.15, 0.2) is 41.6 Å². The molecule has 1 aromatic carbocycles. The third-order valence-corrected chi connectivity index (χ3v) is 5.13. The molecule has 1 aliphatic heterocycles. The molecule has 1 fully saturated rings. The number of methoxy groups -OCH3 is 1. The van der Waals surface area contributed by atoms with Crippen LogP contribution in [0.3, 0.4) is 0 Å². The smallest absolute Gasteiger partial charge is 0.340 e. The van der Waals surface area contributed by atoms with Gasteiger partial charge in [0.05, 0.1) is 36.6 Å². The largest absolute Gasteiger partial charge is 0.465 e.